The van der Waals surface area contributed by atoms with Gasteiger partial charge >= 0.3 is 0 Å². The molecule has 0 aliphatic carbocycles. The molecular formula is C14H14ClFN2O2S. The Morgan fingerprint density at radius 3 is 2.57 bits per heavy atom. The van der Waals surface area contributed by atoms with Crippen LogP contribution in [0.2, 0.25) is 5.02 Å². The molecule has 112 valence electrons. The summed E-state index contributed by atoms with van der Waals surface area (Å²) in [5.41, 5.74) is 0.748. The third kappa shape index (κ3) is 3.72. The Kier molecular flexibility index (Phi) is 4.82. The first-order valence-corrected chi connectivity index (χ1v) is 8.00. The van der Waals surface area contributed by atoms with Gasteiger partial charge in [0.05, 0.1) is 15.6 Å². The van der Waals surface area contributed by atoms with Crippen LogP contribution in [0.15, 0.2) is 47.4 Å². The largest absolute Gasteiger partial charge is 0.316 e. The molecule has 0 heterocycles. The predicted molar refractivity (Wildman–Crippen MR) is 81.4 cm³/mol. The molecule has 0 amide bonds. The molecule has 0 radical (unpaired) electrons. The van der Waals surface area contributed by atoms with Gasteiger partial charge in [0.2, 0.25) is 0 Å². The van der Waals surface area contributed by atoms with E-state index in [1.807, 2.05) is 0 Å². The Hall–Kier alpha value is -1.63. The maximum Gasteiger partial charge on any atom is 0.262 e. The highest BCUT2D eigenvalue weighted by Gasteiger charge is 2.18. The lowest BCUT2D eigenvalue weighted by molar-refractivity contribution is 0.599. The summed E-state index contributed by atoms with van der Waals surface area (Å²) in [5, 5.41) is 2.85. The molecule has 0 aliphatic rings. The van der Waals surface area contributed by atoms with E-state index in [9.17, 15) is 12.8 Å². The van der Waals surface area contributed by atoms with Crippen molar-refractivity contribution in [2.45, 2.75) is 11.4 Å². The van der Waals surface area contributed by atoms with Crippen LogP contribution in [0.4, 0.5) is 10.1 Å². The lowest BCUT2D eigenvalue weighted by Gasteiger charge is -2.12. The molecule has 2 rings (SSSR count). The second kappa shape index (κ2) is 6.43. The Balaban J connectivity index is 2.36. The summed E-state index contributed by atoms with van der Waals surface area (Å²) in [6, 6.07) is 10.4. The zero-order chi connectivity index (χ0) is 15.5. The predicted octanol–water partition coefficient (Wildman–Crippen LogP) is 3.00. The molecule has 0 unspecified atom stereocenters. The van der Waals surface area contributed by atoms with Crippen LogP contribution in [0, 0.1) is 5.82 Å². The zero-order valence-corrected chi connectivity index (χ0v) is 12.8. The van der Waals surface area contributed by atoms with Gasteiger partial charge in [0.15, 0.2) is 0 Å². The highest BCUT2D eigenvalue weighted by Crippen LogP contribution is 2.23. The summed E-state index contributed by atoms with van der Waals surface area (Å²) in [6.07, 6.45) is 0. The summed E-state index contributed by atoms with van der Waals surface area (Å²) < 4.78 is 40.5. The van der Waals surface area contributed by atoms with E-state index in [-0.39, 0.29) is 15.6 Å². The van der Waals surface area contributed by atoms with Gasteiger partial charge in [-0.05, 0) is 36.9 Å². The zero-order valence-electron chi connectivity index (χ0n) is 11.2. The van der Waals surface area contributed by atoms with Gasteiger partial charge in [-0.1, -0.05) is 29.8 Å². The molecule has 4 nitrogen and oxygen atoms in total. The van der Waals surface area contributed by atoms with Crippen LogP contribution >= 0.6 is 11.6 Å². The summed E-state index contributed by atoms with van der Waals surface area (Å²) in [6.45, 7) is 0.409. The first-order chi connectivity index (χ1) is 9.94. The molecule has 0 saturated carbocycles. The second-order valence-electron chi connectivity index (χ2n) is 4.37. The maximum absolute atomic E-state index is 13.4. The number of hydrogen-bond acceptors (Lipinski definition) is 3. The van der Waals surface area contributed by atoms with E-state index in [2.05, 4.69) is 10.0 Å². The van der Waals surface area contributed by atoms with Gasteiger partial charge in [0, 0.05) is 6.54 Å². The van der Waals surface area contributed by atoms with Gasteiger partial charge in [-0.2, -0.15) is 0 Å². The fourth-order valence-electron chi connectivity index (χ4n) is 1.87. The van der Waals surface area contributed by atoms with Gasteiger partial charge < -0.3 is 5.32 Å². The van der Waals surface area contributed by atoms with E-state index in [0.717, 1.165) is 6.07 Å². The van der Waals surface area contributed by atoms with Crippen molar-refractivity contribution in [2.75, 3.05) is 11.8 Å². The molecule has 2 N–H and O–H groups in total. The number of sulfonamides is 1. The van der Waals surface area contributed by atoms with Gasteiger partial charge in [-0.15, -0.1) is 0 Å². The Bertz CT molecular complexity index is 750. The van der Waals surface area contributed by atoms with Crippen LogP contribution in [0.3, 0.4) is 0 Å². The molecular weight excluding hydrogens is 315 g/mol. The van der Waals surface area contributed by atoms with Gasteiger partial charge in [0.1, 0.15) is 5.82 Å². The van der Waals surface area contributed by atoms with Crippen molar-refractivity contribution in [3.63, 3.8) is 0 Å². The van der Waals surface area contributed by atoms with Crippen LogP contribution in [-0.4, -0.2) is 15.5 Å². The lowest BCUT2D eigenvalue weighted by atomic mass is 10.2. The third-order valence-corrected chi connectivity index (χ3v) is 4.59. The second-order valence-corrected chi connectivity index (χ2v) is 6.43. The smallest absolute Gasteiger partial charge is 0.262 e. The quantitative estimate of drug-likeness (QED) is 0.887. The van der Waals surface area contributed by atoms with Gasteiger partial charge in [-0.25, -0.2) is 12.8 Å². The first kappa shape index (κ1) is 15.8. The summed E-state index contributed by atoms with van der Waals surface area (Å²) in [7, 11) is -2.07. The Morgan fingerprint density at radius 2 is 1.90 bits per heavy atom. The molecule has 2 aromatic carbocycles. The molecule has 0 spiro atoms. The van der Waals surface area contributed by atoms with Crippen LogP contribution in [0.25, 0.3) is 0 Å². The number of hydrogen-bond donors (Lipinski definition) is 2. The standard InChI is InChI=1S/C14H14ClFN2O2S/c1-17-9-10-4-2-3-5-14(10)21(19,20)18-11-6-7-12(15)13(16)8-11/h2-8,17-18H,9H2,1H3. The number of halogens is 2. The van der Waals surface area contributed by atoms with E-state index in [1.165, 1.54) is 18.2 Å². The monoisotopic (exact) mass is 328 g/mol. The van der Waals surface area contributed by atoms with E-state index in [1.54, 1.807) is 25.2 Å². The Morgan fingerprint density at radius 1 is 1.19 bits per heavy atom. The maximum atomic E-state index is 13.4. The van der Waals surface area contributed by atoms with Crippen molar-refractivity contribution >= 4 is 27.3 Å². The molecule has 0 aliphatic heterocycles. The van der Waals surface area contributed by atoms with Gasteiger partial charge in [-0.3, -0.25) is 4.72 Å². The van der Waals surface area contributed by atoms with Crippen molar-refractivity contribution in [1.82, 2.24) is 5.32 Å². The van der Waals surface area contributed by atoms with Crippen LogP contribution in [-0.2, 0) is 16.6 Å². The fraction of sp³-hybridized carbons (Fsp3) is 0.143. The molecule has 0 saturated heterocycles. The normalized spacial score (nSPS) is 11.4. The van der Waals surface area contributed by atoms with E-state index >= 15 is 0 Å². The highest BCUT2D eigenvalue weighted by molar-refractivity contribution is 7.92. The minimum Gasteiger partial charge on any atom is -0.316 e. The van der Waals surface area contributed by atoms with Crippen molar-refractivity contribution in [3.8, 4) is 0 Å². The summed E-state index contributed by atoms with van der Waals surface area (Å²) >= 11 is 5.57. The van der Waals surface area contributed by atoms with Crippen molar-refractivity contribution in [3.05, 3.63) is 58.9 Å². The average Bonchev–Trinajstić information content (AvgIpc) is 2.43. The van der Waals surface area contributed by atoms with E-state index in [4.69, 9.17) is 11.6 Å². The minimum absolute atomic E-state index is 0.0615. The van der Waals surface area contributed by atoms with Crippen molar-refractivity contribution in [1.29, 1.82) is 0 Å². The topological polar surface area (TPSA) is 58.2 Å². The number of benzene rings is 2. The number of rotatable bonds is 5. The molecule has 0 aromatic heterocycles. The third-order valence-electron chi connectivity index (χ3n) is 2.80. The van der Waals surface area contributed by atoms with Gasteiger partial charge in [0.25, 0.3) is 10.0 Å². The fourth-order valence-corrected chi connectivity index (χ4v) is 3.28. The number of nitrogens with one attached hydrogen (secondary N) is 2. The molecule has 2 aromatic rings. The van der Waals surface area contributed by atoms with Crippen molar-refractivity contribution < 1.29 is 12.8 Å². The average molecular weight is 329 g/mol. The minimum atomic E-state index is -3.80. The van der Waals surface area contributed by atoms with Crippen LogP contribution in [0.1, 0.15) is 5.56 Å². The van der Waals surface area contributed by atoms with Crippen LogP contribution < -0.4 is 10.0 Å². The molecule has 21 heavy (non-hydrogen) atoms. The summed E-state index contributed by atoms with van der Waals surface area (Å²) in [4.78, 5) is 0.148. The van der Waals surface area contributed by atoms with E-state index < -0.39 is 15.8 Å². The lowest BCUT2D eigenvalue weighted by Crippen LogP contribution is -2.17. The summed E-state index contributed by atoms with van der Waals surface area (Å²) in [5.74, 6) is -0.680. The van der Waals surface area contributed by atoms with Crippen LogP contribution in [0.5, 0.6) is 0 Å². The molecule has 0 atom stereocenters. The Labute approximate surface area is 128 Å². The first-order valence-electron chi connectivity index (χ1n) is 6.14. The molecule has 7 heteroatoms. The number of anilines is 1. The molecule has 0 fully saturated rings. The van der Waals surface area contributed by atoms with E-state index in [0.29, 0.717) is 12.1 Å². The highest BCUT2D eigenvalue weighted by atomic mass is 35.5. The molecule has 0 bridgehead atoms. The van der Waals surface area contributed by atoms with Crippen molar-refractivity contribution in [2.24, 2.45) is 0 Å². The SMILES string of the molecule is CNCc1ccccc1S(=O)(=O)Nc1ccc(Cl)c(F)c1.